The molecule has 1 heterocycles. The van der Waals surface area contributed by atoms with Gasteiger partial charge < -0.3 is 9.47 Å². The second-order valence-corrected chi connectivity index (χ2v) is 6.53. The highest BCUT2D eigenvalue weighted by Gasteiger charge is 2.53. The molecule has 0 unspecified atom stereocenters. The third-order valence-electron chi connectivity index (χ3n) is 3.21. The molecule has 0 atom stereocenters. The summed E-state index contributed by atoms with van der Waals surface area (Å²) >= 11 is 0. The first-order valence-corrected chi connectivity index (χ1v) is 5.58. The van der Waals surface area contributed by atoms with E-state index in [4.69, 9.17) is 9.47 Å². The Morgan fingerprint density at radius 2 is 1.53 bits per heavy atom. The normalized spacial score (nSPS) is 31.6. The minimum absolute atomic E-state index is 0.117. The largest absolute Gasteiger partial charge is 0.431 e. The van der Waals surface area contributed by atoms with Crippen LogP contribution in [-0.2, 0) is 14.3 Å². The fourth-order valence-electron chi connectivity index (χ4n) is 3.57. The van der Waals surface area contributed by atoms with Crippen molar-refractivity contribution in [1.29, 1.82) is 0 Å². The third-order valence-corrected chi connectivity index (χ3v) is 3.21. The highest BCUT2D eigenvalue weighted by Crippen LogP contribution is 2.52. The summed E-state index contributed by atoms with van der Waals surface area (Å²) in [5.41, 5.74) is 0.346. The molecule has 0 N–H and O–H groups in total. The molecule has 0 radical (unpaired) electrons. The van der Waals surface area contributed by atoms with E-state index in [1.54, 1.807) is 0 Å². The zero-order valence-corrected chi connectivity index (χ0v) is 10.1. The molecular weight excluding hydrogens is 192 g/mol. The number of rotatable bonds is 0. The molecule has 0 aromatic rings. The number of ether oxygens (including phenoxy) is 2. The standard InChI is InChI=1S/C12H20O3/c1-10(2)6-11(3,4)8-12(7-10)14-5-9(13)15-12/h5-8H2,1-4H3. The minimum atomic E-state index is -0.637. The summed E-state index contributed by atoms with van der Waals surface area (Å²) in [6.45, 7) is 8.97. The minimum Gasteiger partial charge on any atom is -0.431 e. The lowest BCUT2D eigenvalue weighted by molar-refractivity contribution is -0.221. The lowest BCUT2D eigenvalue weighted by Crippen LogP contribution is -2.47. The van der Waals surface area contributed by atoms with E-state index in [2.05, 4.69) is 27.7 Å². The van der Waals surface area contributed by atoms with E-state index in [1.165, 1.54) is 0 Å². The van der Waals surface area contributed by atoms with Crippen LogP contribution < -0.4 is 0 Å². The van der Waals surface area contributed by atoms with Crippen molar-refractivity contribution in [2.24, 2.45) is 10.8 Å². The number of esters is 1. The molecule has 1 saturated carbocycles. The van der Waals surface area contributed by atoms with Gasteiger partial charge >= 0.3 is 5.97 Å². The van der Waals surface area contributed by atoms with Crippen molar-refractivity contribution in [3.8, 4) is 0 Å². The maximum Gasteiger partial charge on any atom is 0.334 e. The Kier molecular flexibility index (Phi) is 2.16. The lowest BCUT2D eigenvalue weighted by atomic mass is 9.63. The number of carbonyl (C=O) groups is 1. The van der Waals surface area contributed by atoms with Crippen LogP contribution in [0.15, 0.2) is 0 Å². The monoisotopic (exact) mass is 212 g/mol. The molecule has 2 rings (SSSR count). The first kappa shape index (κ1) is 10.9. The van der Waals surface area contributed by atoms with Crippen LogP contribution in [0.25, 0.3) is 0 Å². The summed E-state index contributed by atoms with van der Waals surface area (Å²) in [7, 11) is 0. The predicted octanol–water partition coefficient (Wildman–Crippen LogP) is 2.49. The van der Waals surface area contributed by atoms with Crippen LogP contribution in [0.3, 0.4) is 0 Å². The molecule has 0 bridgehead atoms. The molecule has 2 aliphatic rings. The lowest BCUT2D eigenvalue weighted by Gasteiger charge is -2.48. The van der Waals surface area contributed by atoms with Crippen molar-refractivity contribution in [3.63, 3.8) is 0 Å². The van der Waals surface area contributed by atoms with Gasteiger partial charge in [-0.1, -0.05) is 27.7 Å². The molecule has 1 aliphatic carbocycles. The summed E-state index contributed by atoms with van der Waals surface area (Å²) in [6.07, 6.45) is 2.77. The number of carbonyl (C=O) groups excluding carboxylic acids is 1. The molecular formula is C12H20O3. The molecule has 0 aromatic heterocycles. The molecule has 2 fully saturated rings. The van der Waals surface area contributed by atoms with E-state index in [0.717, 1.165) is 19.3 Å². The highest BCUT2D eigenvalue weighted by molar-refractivity contribution is 5.72. The molecule has 15 heavy (non-hydrogen) atoms. The Morgan fingerprint density at radius 1 is 1.00 bits per heavy atom. The van der Waals surface area contributed by atoms with Crippen LogP contribution in [0.5, 0.6) is 0 Å². The van der Waals surface area contributed by atoms with Gasteiger partial charge in [0, 0.05) is 12.8 Å². The molecule has 3 nitrogen and oxygen atoms in total. The van der Waals surface area contributed by atoms with Gasteiger partial charge in [0.05, 0.1) is 0 Å². The van der Waals surface area contributed by atoms with Gasteiger partial charge in [0.15, 0.2) is 0 Å². The summed E-state index contributed by atoms with van der Waals surface area (Å²) in [6, 6.07) is 0. The van der Waals surface area contributed by atoms with Gasteiger partial charge in [-0.15, -0.1) is 0 Å². The van der Waals surface area contributed by atoms with Gasteiger partial charge in [-0.3, -0.25) is 0 Å². The SMILES string of the molecule is CC1(C)CC(C)(C)CC2(C1)OCC(=O)O2. The highest BCUT2D eigenvalue weighted by atomic mass is 16.8. The third kappa shape index (κ3) is 2.17. The van der Waals surface area contributed by atoms with Crippen molar-refractivity contribution in [2.45, 2.75) is 52.7 Å². The average molecular weight is 212 g/mol. The van der Waals surface area contributed by atoms with Crippen LogP contribution >= 0.6 is 0 Å². The predicted molar refractivity (Wildman–Crippen MR) is 56.2 cm³/mol. The van der Waals surface area contributed by atoms with Crippen LogP contribution in [0.2, 0.25) is 0 Å². The van der Waals surface area contributed by atoms with Crippen LogP contribution in [0.4, 0.5) is 0 Å². The smallest absolute Gasteiger partial charge is 0.334 e. The number of hydrogen-bond donors (Lipinski definition) is 0. The summed E-state index contributed by atoms with van der Waals surface area (Å²) in [4.78, 5) is 11.2. The van der Waals surface area contributed by atoms with Gasteiger partial charge in [-0.2, -0.15) is 0 Å². The van der Waals surface area contributed by atoms with Crippen molar-refractivity contribution in [3.05, 3.63) is 0 Å². The van der Waals surface area contributed by atoms with Crippen LogP contribution in [0, 0.1) is 10.8 Å². The van der Waals surface area contributed by atoms with Gasteiger partial charge in [0.1, 0.15) is 6.61 Å². The fraction of sp³-hybridized carbons (Fsp3) is 0.917. The number of hydrogen-bond acceptors (Lipinski definition) is 3. The zero-order valence-electron chi connectivity index (χ0n) is 10.1. The van der Waals surface area contributed by atoms with E-state index in [9.17, 15) is 4.79 Å². The van der Waals surface area contributed by atoms with Gasteiger partial charge in [0.2, 0.25) is 5.79 Å². The molecule has 3 heteroatoms. The van der Waals surface area contributed by atoms with Crippen molar-refractivity contribution in [1.82, 2.24) is 0 Å². The molecule has 0 amide bonds. The van der Waals surface area contributed by atoms with E-state index in [1.807, 2.05) is 0 Å². The Labute approximate surface area is 91.1 Å². The molecule has 86 valence electrons. The van der Waals surface area contributed by atoms with E-state index in [0.29, 0.717) is 0 Å². The molecule has 1 aliphatic heterocycles. The van der Waals surface area contributed by atoms with E-state index >= 15 is 0 Å². The Morgan fingerprint density at radius 3 is 1.93 bits per heavy atom. The quantitative estimate of drug-likeness (QED) is 0.579. The summed E-state index contributed by atoms with van der Waals surface area (Å²) in [5, 5.41) is 0. The Bertz CT molecular complexity index is 275. The second kappa shape index (κ2) is 2.97. The van der Waals surface area contributed by atoms with Gasteiger partial charge in [0.25, 0.3) is 0 Å². The van der Waals surface area contributed by atoms with Gasteiger partial charge in [-0.25, -0.2) is 4.79 Å². The first-order valence-electron chi connectivity index (χ1n) is 5.58. The molecule has 1 saturated heterocycles. The molecule has 1 spiro atoms. The fourth-order valence-corrected chi connectivity index (χ4v) is 3.57. The summed E-state index contributed by atoms with van der Waals surface area (Å²) in [5.74, 6) is -0.856. The van der Waals surface area contributed by atoms with Crippen molar-refractivity contribution in [2.75, 3.05) is 6.61 Å². The van der Waals surface area contributed by atoms with Crippen LogP contribution in [-0.4, -0.2) is 18.4 Å². The van der Waals surface area contributed by atoms with Crippen molar-refractivity contribution >= 4 is 5.97 Å². The maximum atomic E-state index is 11.2. The van der Waals surface area contributed by atoms with Crippen LogP contribution in [0.1, 0.15) is 47.0 Å². The Balaban J connectivity index is 2.23. The zero-order chi connectivity index (χ0) is 11.3. The van der Waals surface area contributed by atoms with Gasteiger partial charge in [-0.05, 0) is 17.3 Å². The van der Waals surface area contributed by atoms with E-state index < -0.39 is 5.79 Å². The van der Waals surface area contributed by atoms with Crippen molar-refractivity contribution < 1.29 is 14.3 Å². The molecule has 0 aromatic carbocycles. The maximum absolute atomic E-state index is 11.2. The average Bonchev–Trinajstić information content (AvgIpc) is 2.23. The summed E-state index contributed by atoms with van der Waals surface area (Å²) < 4.78 is 11.0. The topological polar surface area (TPSA) is 35.5 Å². The first-order chi connectivity index (χ1) is 6.72. The van der Waals surface area contributed by atoms with E-state index in [-0.39, 0.29) is 23.4 Å². The Hall–Kier alpha value is -0.570. The second-order valence-electron chi connectivity index (χ2n) is 6.53.